The molecule has 5 nitrogen and oxygen atoms in total. The number of fused-ring (bicyclic) bond motifs is 2. The van der Waals surface area contributed by atoms with Crippen molar-refractivity contribution in [3.05, 3.63) is 93.7 Å². The van der Waals surface area contributed by atoms with Crippen molar-refractivity contribution < 1.29 is 4.79 Å². The van der Waals surface area contributed by atoms with Crippen molar-refractivity contribution in [2.75, 3.05) is 4.90 Å². The van der Waals surface area contributed by atoms with Crippen LogP contribution in [-0.4, -0.2) is 16.2 Å². The molecule has 0 radical (unpaired) electrons. The van der Waals surface area contributed by atoms with Gasteiger partial charge in [0.2, 0.25) is 4.80 Å². The molecule has 1 aromatic heterocycles. The van der Waals surface area contributed by atoms with E-state index in [9.17, 15) is 4.79 Å². The van der Waals surface area contributed by atoms with E-state index in [1.807, 2.05) is 84.4 Å². The number of benzene rings is 3. The Kier molecular flexibility index (Phi) is 4.73. The highest BCUT2D eigenvalue weighted by Crippen LogP contribution is 2.31. The van der Waals surface area contributed by atoms with Gasteiger partial charge in [0.05, 0.1) is 22.4 Å². The molecular formula is C23H17ClN4OS. The van der Waals surface area contributed by atoms with E-state index in [1.54, 1.807) is 16.2 Å². The average molecular weight is 433 g/mol. The number of hydrogen-bond acceptors (Lipinski definition) is 4. The van der Waals surface area contributed by atoms with Gasteiger partial charge in [0, 0.05) is 17.6 Å². The first-order valence-electron chi connectivity index (χ1n) is 9.44. The molecule has 0 atom stereocenters. The van der Waals surface area contributed by atoms with Gasteiger partial charge in [-0.1, -0.05) is 71.5 Å². The average Bonchev–Trinajstić information content (AvgIpc) is 3.22. The summed E-state index contributed by atoms with van der Waals surface area (Å²) in [6.45, 7) is 0.380. The molecule has 2 heterocycles. The Morgan fingerprint density at radius 1 is 0.933 bits per heavy atom. The Morgan fingerprint density at radius 2 is 1.67 bits per heavy atom. The summed E-state index contributed by atoms with van der Waals surface area (Å²) in [6, 6.07) is 23.3. The number of nitrogens with zero attached hydrogens (tertiary/aromatic N) is 4. The van der Waals surface area contributed by atoms with Gasteiger partial charge in [-0.15, -0.1) is 10.2 Å². The summed E-state index contributed by atoms with van der Waals surface area (Å²) in [5, 5.41) is 9.46. The van der Waals surface area contributed by atoms with Crippen LogP contribution in [0.4, 0.5) is 5.69 Å². The highest BCUT2D eigenvalue weighted by molar-refractivity contribution is 7.16. The van der Waals surface area contributed by atoms with Crippen molar-refractivity contribution in [3.63, 3.8) is 0 Å². The number of rotatable bonds is 3. The van der Waals surface area contributed by atoms with Crippen molar-refractivity contribution >= 4 is 50.5 Å². The first kappa shape index (κ1) is 18.8. The molecule has 0 fully saturated rings. The van der Waals surface area contributed by atoms with Gasteiger partial charge in [0.25, 0.3) is 5.91 Å². The fraction of sp³-hybridized carbons (Fsp3) is 0.0870. The number of thiazole rings is 1. The predicted octanol–water partition coefficient (Wildman–Crippen LogP) is 4.75. The van der Waals surface area contributed by atoms with Crippen LogP contribution in [0.15, 0.2) is 83.0 Å². The molecule has 1 aliphatic heterocycles. The molecule has 0 spiro atoms. The van der Waals surface area contributed by atoms with Crippen LogP contribution < -0.4 is 9.70 Å². The Labute approximate surface area is 182 Å². The van der Waals surface area contributed by atoms with Gasteiger partial charge in [0.1, 0.15) is 0 Å². The fourth-order valence-corrected chi connectivity index (χ4v) is 4.75. The molecule has 3 aromatic carbocycles. The van der Waals surface area contributed by atoms with E-state index >= 15 is 0 Å². The molecule has 7 heteroatoms. The number of aromatic nitrogens is 1. The zero-order valence-electron chi connectivity index (χ0n) is 16.1. The minimum Gasteiger partial charge on any atom is -0.318 e. The monoisotopic (exact) mass is 432 g/mol. The molecule has 4 aromatic rings. The second kappa shape index (κ2) is 7.55. The lowest BCUT2D eigenvalue weighted by atomic mass is 10.1. The van der Waals surface area contributed by atoms with Crippen molar-refractivity contribution in [1.82, 2.24) is 4.57 Å². The zero-order valence-corrected chi connectivity index (χ0v) is 17.7. The van der Waals surface area contributed by atoms with Gasteiger partial charge in [0.15, 0.2) is 5.71 Å². The quantitative estimate of drug-likeness (QED) is 0.431. The summed E-state index contributed by atoms with van der Waals surface area (Å²) in [5.74, 6) is -0.177. The van der Waals surface area contributed by atoms with Crippen LogP contribution >= 0.6 is 22.9 Å². The number of aryl methyl sites for hydroxylation is 1. The number of hydrogen-bond donors (Lipinski definition) is 0. The van der Waals surface area contributed by atoms with E-state index in [4.69, 9.17) is 11.6 Å². The second-order valence-electron chi connectivity index (χ2n) is 6.96. The normalized spacial score (nSPS) is 15.4. The number of carbonyl (C=O) groups is 1. The van der Waals surface area contributed by atoms with Gasteiger partial charge >= 0.3 is 0 Å². The Bertz CT molecular complexity index is 1390. The molecule has 0 aliphatic carbocycles. The molecule has 5 rings (SSSR count). The summed E-state index contributed by atoms with van der Waals surface area (Å²) in [5.41, 5.74) is 3.91. The van der Waals surface area contributed by atoms with Gasteiger partial charge in [-0.2, -0.15) is 0 Å². The van der Waals surface area contributed by atoms with E-state index < -0.39 is 0 Å². The van der Waals surface area contributed by atoms with Crippen LogP contribution in [0.2, 0.25) is 5.02 Å². The highest BCUT2D eigenvalue weighted by atomic mass is 35.5. The third-order valence-electron chi connectivity index (χ3n) is 5.13. The lowest BCUT2D eigenvalue weighted by molar-refractivity contribution is -0.112. The molecule has 30 heavy (non-hydrogen) atoms. The summed E-state index contributed by atoms with van der Waals surface area (Å²) >= 11 is 7.87. The SMILES string of the molecule is Cn1c(=NN=C2C(=O)N(Cc3ccccc3Cl)c3ccccc32)sc2ccccc21. The lowest BCUT2D eigenvalue weighted by Crippen LogP contribution is -2.29. The van der Waals surface area contributed by atoms with Crippen molar-refractivity contribution in [3.8, 4) is 0 Å². The molecule has 0 unspecified atom stereocenters. The van der Waals surface area contributed by atoms with Gasteiger partial charge in [-0.3, -0.25) is 4.79 Å². The van der Waals surface area contributed by atoms with Crippen molar-refractivity contribution in [1.29, 1.82) is 0 Å². The van der Waals surface area contributed by atoms with E-state index in [-0.39, 0.29) is 5.91 Å². The third kappa shape index (κ3) is 3.14. The molecule has 1 amide bonds. The van der Waals surface area contributed by atoms with Crippen LogP contribution in [-0.2, 0) is 18.4 Å². The summed E-state index contributed by atoms with van der Waals surface area (Å²) in [4.78, 5) is 15.7. The van der Waals surface area contributed by atoms with Crippen LogP contribution in [0, 0.1) is 0 Å². The minimum absolute atomic E-state index is 0.177. The Balaban J connectivity index is 1.58. The van der Waals surface area contributed by atoms with Crippen LogP contribution in [0.3, 0.4) is 0 Å². The predicted molar refractivity (Wildman–Crippen MR) is 122 cm³/mol. The first-order chi connectivity index (χ1) is 14.6. The van der Waals surface area contributed by atoms with E-state index in [0.29, 0.717) is 17.3 Å². The third-order valence-corrected chi connectivity index (χ3v) is 6.61. The number of anilines is 1. The van der Waals surface area contributed by atoms with E-state index in [1.165, 1.54) is 0 Å². The summed E-state index contributed by atoms with van der Waals surface area (Å²) < 4.78 is 3.11. The lowest BCUT2D eigenvalue weighted by Gasteiger charge is -2.17. The van der Waals surface area contributed by atoms with Crippen molar-refractivity contribution in [2.24, 2.45) is 17.3 Å². The molecule has 0 saturated carbocycles. The smallest absolute Gasteiger partial charge is 0.279 e. The summed E-state index contributed by atoms with van der Waals surface area (Å²) in [7, 11) is 1.95. The fourth-order valence-electron chi connectivity index (χ4n) is 3.58. The maximum atomic E-state index is 13.2. The number of halogens is 1. The number of amides is 1. The second-order valence-corrected chi connectivity index (χ2v) is 8.38. The van der Waals surface area contributed by atoms with Crippen LogP contribution in [0.5, 0.6) is 0 Å². The number of para-hydroxylation sites is 2. The maximum Gasteiger partial charge on any atom is 0.279 e. The Morgan fingerprint density at radius 3 is 2.50 bits per heavy atom. The van der Waals surface area contributed by atoms with Gasteiger partial charge in [-0.25, -0.2) is 0 Å². The Hall–Kier alpha value is -3.22. The van der Waals surface area contributed by atoms with Crippen LogP contribution in [0.25, 0.3) is 10.2 Å². The van der Waals surface area contributed by atoms with E-state index in [0.717, 1.165) is 31.8 Å². The molecule has 0 bridgehead atoms. The summed E-state index contributed by atoms with van der Waals surface area (Å²) in [6.07, 6.45) is 0. The number of carbonyl (C=O) groups excluding carboxylic acids is 1. The van der Waals surface area contributed by atoms with Crippen LogP contribution in [0.1, 0.15) is 11.1 Å². The molecule has 1 aliphatic rings. The molecular weight excluding hydrogens is 416 g/mol. The minimum atomic E-state index is -0.177. The molecule has 0 N–H and O–H groups in total. The highest BCUT2D eigenvalue weighted by Gasteiger charge is 2.34. The largest absolute Gasteiger partial charge is 0.318 e. The topological polar surface area (TPSA) is 50.0 Å². The van der Waals surface area contributed by atoms with Gasteiger partial charge in [-0.05, 0) is 29.8 Å². The maximum absolute atomic E-state index is 13.2. The first-order valence-corrected chi connectivity index (χ1v) is 10.6. The van der Waals surface area contributed by atoms with Gasteiger partial charge < -0.3 is 9.47 Å². The standard InChI is InChI=1S/C23H17ClN4OS/c1-27-19-12-6-7-13-20(19)30-23(27)26-25-21-16-9-3-5-11-18(16)28(22(21)29)14-15-8-2-4-10-17(15)24/h2-13H,14H2,1H3. The zero-order chi connectivity index (χ0) is 20.7. The molecule has 0 saturated heterocycles. The van der Waals surface area contributed by atoms with E-state index in [2.05, 4.69) is 10.2 Å². The van der Waals surface area contributed by atoms with Crippen molar-refractivity contribution in [2.45, 2.75) is 6.54 Å². The molecule has 148 valence electrons.